The molecule has 1 aromatic carbocycles. The van der Waals surface area contributed by atoms with Crippen molar-refractivity contribution in [3.05, 3.63) is 24.3 Å². The first kappa shape index (κ1) is 18.7. The number of hydrogen-bond acceptors (Lipinski definition) is 5. The topological polar surface area (TPSA) is 62.3 Å². The number of hydrogen-bond donors (Lipinski definition) is 0. The first-order chi connectivity index (χ1) is 14.2. The largest absolute Gasteiger partial charge is 0.486 e. The fraction of sp³-hybridized carbons (Fsp3) is 0.636. The Morgan fingerprint density at radius 2 is 1.72 bits per heavy atom. The molecular formula is C22H29N3O4. The number of likely N-dealkylation sites (tertiary alicyclic amines) is 1. The number of fused-ring (bicyclic) bond motifs is 1. The number of piperidine rings is 1. The molecule has 2 unspecified atom stereocenters. The molecule has 3 fully saturated rings. The van der Waals surface area contributed by atoms with E-state index in [-0.39, 0.29) is 36.7 Å². The summed E-state index contributed by atoms with van der Waals surface area (Å²) in [6, 6.07) is 7.89. The van der Waals surface area contributed by atoms with Gasteiger partial charge in [0.15, 0.2) is 11.5 Å². The third-order valence-electron chi connectivity index (χ3n) is 6.67. The summed E-state index contributed by atoms with van der Waals surface area (Å²) >= 11 is 0. The summed E-state index contributed by atoms with van der Waals surface area (Å²) in [4.78, 5) is 31.4. The molecule has 0 radical (unpaired) electrons. The molecule has 2 saturated heterocycles. The van der Waals surface area contributed by atoms with E-state index < -0.39 is 0 Å². The summed E-state index contributed by atoms with van der Waals surface area (Å²) in [6.07, 6.45) is 6.21. The van der Waals surface area contributed by atoms with Gasteiger partial charge in [0, 0.05) is 19.1 Å². The van der Waals surface area contributed by atoms with Crippen molar-refractivity contribution in [2.24, 2.45) is 0 Å². The lowest BCUT2D eigenvalue weighted by Gasteiger charge is -2.38. The second kappa shape index (κ2) is 7.86. The zero-order valence-electron chi connectivity index (χ0n) is 16.8. The van der Waals surface area contributed by atoms with E-state index in [1.54, 1.807) is 4.90 Å². The van der Waals surface area contributed by atoms with Crippen molar-refractivity contribution in [3.8, 4) is 11.5 Å². The van der Waals surface area contributed by atoms with E-state index in [4.69, 9.17) is 9.47 Å². The van der Waals surface area contributed by atoms with E-state index in [1.165, 1.54) is 0 Å². The van der Waals surface area contributed by atoms with Gasteiger partial charge in [0.1, 0.15) is 19.3 Å². The average Bonchev–Trinajstić information content (AvgIpc) is 3.36. The van der Waals surface area contributed by atoms with Gasteiger partial charge in [-0.2, -0.15) is 0 Å². The number of benzene rings is 1. The molecule has 2 atom stereocenters. The Bertz CT molecular complexity index is 779. The molecule has 7 heteroatoms. The molecule has 1 aliphatic carbocycles. The smallest absolute Gasteiger partial charge is 0.327 e. The maximum absolute atomic E-state index is 13.0. The lowest BCUT2D eigenvalue weighted by molar-refractivity contribution is -0.127. The van der Waals surface area contributed by atoms with E-state index in [1.807, 2.05) is 29.2 Å². The molecule has 1 aromatic rings. The van der Waals surface area contributed by atoms with Crippen LogP contribution in [0.1, 0.15) is 38.5 Å². The second-order valence-corrected chi connectivity index (χ2v) is 8.67. The van der Waals surface area contributed by atoms with Gasteiger partial charge in [-0.1, -0.05) is 25.0 Å². The Hall–Kier alpha value is -2.28. The number of para-hydroxylation sites is 2. The summed E-state index contributed by atoms with van der Waals surface area (Å²) < 4.78 is 11.9. The van der Waals surface area contributed by atoms with Crippen molar-refractivity contribution < 1.29 is 19.1 Å². The monoisotopic (exact) mass is 399 g/mol. The Morgan fingerprint density at radius 1 is 0.966 bits per heavy atom. The van der Waals surface area contributed by atoms with Crippen LogP contribution in [0.25, 0.3) is 0 Å². The molecule has 5 rings (SSSR count). The molecule has 4 aliphatic rings. The minimum atomic E-state index is -0.0695. The number of carbonyl (C=O) groups excluding carboxylic acids is 2. The SMILES string of the molecule is O=C1CN(C2CCCC2)C(=O)N1C1CCCN(CC2COc3ccccc3O2)C1. The minimum absolute atomic E-state index is 0.0278. The number of rotatable bonds is 4. The van der Waals surface area contributed by atoms with E-state index in [0.29, 0.717) is 6.61 Å². The number of amides is 3. The van der Waals surface area contributed by atoms with Crippen molar-refractivity contribution in [2.75, 3.05) is 32.8 Å². The first-order valence-electron chi connectivity index (χ1n) is 10.9. The third-order valence-corrected chi connectivity index (χ3v) is 6.67. The standard InChI is InChI=1S/C22H29N3O4/c26-21-14-24(16-6-1-2-7-16)22(27)25(21)17-8-5-11-23(12-17)13-18-15-28-19-9-3-4-10-20(19)29-18/h3-4,9-10,16-18H,1-2,5-8,11-15H2. The van der Waals surface area contributed by atoms with Crippen LogP contribution in [0.15, 0.2) is 24.3 Å². The molecule has 7 nitrogen and oxygen atoms in total. The Morgan fingerprint density at radius 3 is 2.55 bits per heavy atom. The number of ether oxygens (including phenoxy) is 2. The van der Waals surface area contributed by atoms with Gasteiger partial charge in [0.05, 0.1) is 6.04 Å². The molecule has 3 amide bonds. The van der Waals surface area contributed by atoms with Gasteiger partial charge in [-0.05, 0) is 44.4 Å². The summed E-state index contributed by atoms with van der Waals surface area (Å²) in [5, 5.41) is 0. The molecule has 3 aliphatic heterocycles. The lowest BCUT2D eigenvalue weighted by atomic mass is 10.0. The van der Waals surface area contributed by atoms with Gasteiger partial charge in [-0.3, -0.25) is 14.6 Å². The second-order valence-electron chi connectivity index (χ2n) is 8.67. The number of urea groups is 1. The van der Waals surface area contributed by atoms with Gasteiger partial charge < -0.3 is 14.4 Å². The van der Waals surface area contributed by atoms with Crippen molar-refractivity contribution in [2.45, 2.75) is 56.7 Å². The van der Waals surface area contributed by atoms with Crippen LogP contribution in [0.4, 0.5) is 4.79 Å². The summed E-state index contributed by atoms with van der Waals surface area (Å²) in [7, 11) is 0. The Kier molecular flexibility index (Phi) is 5.08. The van der Waals surface area contributed by atoms with Gasteiger partial charge in [0.25, 0.3) is 5.91 Å². The van der Waals surface area contributed by atoms with E-state index in [0.717, 1.165) is 69.7 Å². The molecule has 0 spiro atoms. The number of carbonyl (C=O) groups is 2. The third kappa shape index (κ3) is 3.68. The maximum atomic E-state index is 13.0. The highest BCUT2D eigenvalue weighted by atomic mass is 16.6. The van der Waals surface area contributed by atoms with Gasteiger partial charge in [0.2, 0.25) is 0 Å². The quantitative estimate of drug-likeness (QED) is 0.728. The van der Waals surface area contributed by atoms with Gasteiger partial charge in [-0.15, -0.1) is 0 Å². The first-order valence-corrected chi connectivity index (χ1v) is 10.9. The fourth-order valence-electron chi connectivity index (χ4n) is 5.24. The van der Waals surface area contributed by atoms with Crippen molar-refractivity contribution >= 4 is 11.9 Å². The zero-order chi connectivity index (χ0) is 19.8. The molecule has 0 bridgehead atoms. The molecule has 1 saturated carbocycles. The van der Waals surface area contributed by atoms with Crippen molar-refractivity contribution in [3.63, 3.8) is 0 Å². The van der Waals surface area contributed by atoms with Crippen LogP contribution in [-0.4, -0.2) is 77.6 Å². The van der Waals surface area contributed by atoms with Gasteiger partial charge in [-0.25, -0.2) is 4.79 Å². The van der Waals surface area contributed by atoms with Gasteiger partial charge >= 0.3 is 6.03 Å². The molecular weight excluding hydrogens is 370 g/mol. The summed E-state index contributed by atoms with van der Waals surface area (Å²) in [5.74, 6) is 1.55. The molecule has 29 heavy (non-hydrogen) atoms. The molecule has 156 valence electrons. The van der Waals surface area contributed by atoms with Crippen LogP contribution >= 0.6 is 0 Å². The molecule has 3 heterocycles. The van der Waals surface area contributed by atoms with E-state index in [9.17, 15) is 9.59 Å². The zero-order valence-corrected chi connectivity index (χ0v) is 16.8. The number of imide groups is 1. The summed E-state index contributed by atoms with van der Waals surface area (Å²) in [5.41, 5.74) is 0. The van der Waals surface area contributed by atoms with E-state index >= 15 is 0 Å². The average molecular weight is 399 g/mol. The molecule has 0 aromatic heterocycles. The highest BCUT2D eigenvalue weighted by Crippen LogP contribution is 2.32. The highest BCUT2D eigenvalue weighted by Gasteiger charge is 2.44. The van der Waals surface area contributed by atoms with Crippen LogP contribution in [0.5, 0.6) is 11.5 Å². The van der Waals surface area contributed by atoms with Crippen LogP contribution in [0, 0.1) is 0 Å². The van der Waals surface area contributed by atoms with Crippen LogP contribution in [-0.2, 0) is 4.79 Å². The Balaban J connectivity index is 1.21. The Labute approximate surface area is 171 Å². The van der Waals surface area contributed by atoms with Crippen LogP contribution in [0.2, 0.25) is 0 Å². The van der Waals surface area contributed by atoms with Crippen LogP contribution < -0.4 is 9.47 Å². The summed E-state index contributed by atoms with van der Waals surface area (Å²) in [6.45, 7) is 3.21. The highest BCUT2D eigenvalue weighted by molar-refractivity contribution is 6.02. The predicted octanol–water partition coefficient (Wildman–Crippen LogP) is 2.50. The van der Waals surface area contributed by atoms with E-state index in [2.05, 4.69) is 4.90 Å². The normalized spacial score (nSPS) is 28.4. The minimum Gasteiger partial charge on any atom is -0.486 e. The predicted molar refractivity (Wildman–Crippen MR) is 107 cm³/mol. The lowest BCUT2D eigenvalue weighted by Crippen LogP contribution is -2.53. The maximum Gasteiger partial charge on any atom is 0.327 e. The number of nitrogens with zero attached hydrogens (tertiary/aromatic N) is 3. The molecule has 0 N–H and O–H groups in total. The van der Waals surface area contributed by atoms with Crippen LogP contribution in [0.3, 0.4) is 0 Å². The fourth-order valence-corrected chi connectivity index (χ4v) is 5.24. The van der Waals surface area contributed by atoms with Crippen molar-refractivity contribution in [1.82, 2.24) is 14.7 Å². The van der Waals surface area contributed by atoms with Crippen molar-refractivity contribution in [1.29, 1.82) is 0 Å².